The van der Waals surface area contributed by atoms with Crippen molar-refractivity contribution in [2.24, 2.45) is 5.14 Å². The normalized spacial score (nSPS) is 14.4. The summed E-state index contributed by atoms with van der Waals surface area (Å²) in [5, 5.41) is 4.89. The van der Waals surface area contributed by atoms with Crippen molar-refractivity contribution in [2.45, 2.75) is 25.4 Å². The van der Waals surface area contributed by atoms with Crippen LogP contribution in [0.3, 0.4) is 0 Å². The van der Waals surface area contributed by atoms with Crippen LogP contribution in [0, 0.1) is 0 Å². The fraction of sp³-hybridized carbons (Fsp3) is 0.385. The van der Waals surface area contributed by atoms with Gasteiger partial charge in [0.05, 0.1) is 26.2 Å². The molecule has 0 bridgehead atoms. The number of imidazole rings is 1. The monoisotopic (exact) mass is 625 g/mol. The molecule has 0 unspecified atom stereocenters. The minimum Gasteiger partial charge on any atom is -0.497 e. The number of hydrogen-bond donors (Lipinski definition) is 2. The van der Waals surface area contributed by atoms with Crippen molar-refractivity contribution in [1.29, 1.82) is 0 Å². The van der Waals surface area contributed by atoms with E-state index in [9.17, 15) is 21.6 Å². The lowest BCUT2D eigenvalue weighted by atomic mass is 10.0. The van der Waals surface area contributed by atoms with Gasteiger partial charge in [-0.05, 0) is 54.8 Å². The molecule has 3 N–H and O–H groups in total. The van der Waals surface area contributed by atoms with E-state index >= 15 is 0 Å². The number of rotatable bonds is 8. The molecular formula is C26H35N5O9S2. The van der Waals surface area contributed by atoms with Gasteiger partial charge in [0, 0.05) is 50.6 Å². The molecule has 0 aliphatic carbocycles. The Kier molecular flexibility index (Phi) is 10.9. The van der Waals surface area contributed by atoms with Gasteiger partial charge in [-0.2, -0.15) is 22.0 Å². The zero-order valence-electron chi connectivity index (χ0n) is 23.7. The lowest BCUT2D eigenvalue weighted by Gasteiger charge is -2.36. The van der Waals surface area contributed by atoms with Gasteiger partial charge in [0.25, 0.3) is 10.1 Å². The van der Waals surface area contributed by atoms with E-state index in [0.717, 1.165) is 49.5 Å². The minimum atomic E-state index is -4.09. The molecule has 1 fully saturated rings. The number of benzene rings is 2. The Bertz CT molecular complexity index is 1540. The second-order valence-corrected chi connectivity index (χ2v) is 12.2. The van der Waals surface area contributed by atoms with Gasteiger partial charge in [-0.1, -0.05) is 0 Å². The molecule has 0 spiro atoms. The number of hydrogen-bond acceptors (Lipinski definition) is 10. The zero-order chi connectivity index (χ0) is 31.1. The van der Waals surface area contributed by atoms with Gasteiger partial charge >= 0.3 is 16.3 Å². The predicted octanol–water partition coefficient (Wildman–Crippen LogP) is 2.22. The van der Waals surface area contributed by atoms with Crippen molar-refractivity contribution in [3.8, 4) is 28.5 Å². The number of carbonyl (C=O) groups is 1. The fourth-order valence-electron chi connectivity index (χ4n) is 4.41. The first-order valence-corrected chi connectivity index (χ1v) is 16.0. The Morgan fingerprint density at radius 2 is 1.57 bits per heavy atom. The number of likely N-dealkylation sites (tertiary alicyclic amines) is 1. The quantitative estimate of drug-likeness (QED) is 0.350. The first-order chi connectivity index (χ1) is 19.6. The maximum absolute atomic E-state index is 13.1. The lowest BCUT2D eigenvalue weighted by molar-refractivity contribution is 0.131. The summed E-state index contributed by atoms with van der Waals surface area (Å²) >= 11 is 0. The Balaban J connectivity index is 0.000000892. The van der Waals surface area contributed by atoms with Gasteiger partial charge in [-0.3, -0.25) is 14.0 Å². The topological polar surface area (TPSA) is 184 Å². The van der Waals surface area contributed by atoms with Gasteiger partial charge in [0.2, 0.25) is 0 Å². The van der Waals surface area contributed by atoms with Crippen LogP contribution in [0.1, 0.15) is 18.4 Å². The highest BCUT2D eigenvalue weighted by Crippen LogP contribution is 2.26. The number of methoxy groups -OCH3 is 2. The first kappa shape index (κ1) is 32.8. The van der Waals surface area contributed by atoms with E-state index < -0.39 is 20.4 Å². The summed E-state index contributed by atoms with van der Waals surface area (Å²) in [7, 11) is -2.66. The average molecular weight is 626 g/mol. The number of aromatic nitrogens is 2. The predicted molar refractivity (Wildman–Crippen MR) is 155 cm³/mol. The van der Waals surface area contributed by atoms with Crippen LogP contribution in [0.5, 0.6) is 17.2 Å². The molecule has 1 aliphatic heterocycles. The lowest BCUT2D eigenvalue weighted by Crippen LogP contribution is -2.46. The second kappa shape index (κ2) is 14.0. The summed E-state index contributed by atoms with van der Waals surface area (Å²) in [6, 6.07) is 12.1. The Hall–Kier alpha value is -3.70. The van der Waals surface area contributed by atoms with Crippen LogP contribution in [0.15, 0.2) is 55.0 Å². The molecule has 0 atom stereocenters. The molecule has 1 aromatic heterocycles. The van der Waals surface area contributed by atoms with Gasteiger partial charge in [0.15, 0.2) is 0 Å². The zero-order valence-corrected chi connectivity index (χ0v) is 25.3. The summed E-state index contributed by atoms with van der Waals surface area (Å²) in [6.07, 6.45) is 5.56. The van der Waals surface area contributed by atoms with Crippen LogP contribution >= 0.6 is 0 Å². The van der Waals surface area contributed by atoms with Crippen molar-refractivity contribution in [2.75, 3.05) is 40.6 Å². The average Bonchev–Trinajstić information content (AvgIpc) is 3.41. The molecule has 4 rings (SSSR count). The highest BCUT2D eigenvalue weighted by molar-refractivity contribution is 7.85. The van der Waals surface area contributed by atoms with Crippen molar-refractivity contribution in [1.82, 2.24) is 19.4 Å². The molecule has 2 aromatic carbocycles. The van der Waals surface area contributed by atoms with Gasteiger partial charge in [-0.15, -0.1) is 0 Å². The second-order valence-electron chi connectivity index (χ2n) is 9.62. The first-order valence-electron chi connectivity index (χ1n) is 12.7. The van der Waals surface area contributed by atoms with Crippen molar-refractivity contribution < 1.29 is 39.8 Å². The van der Waals surface area contributed by atoms with Crippen LogP contribution < -0.4 is 18.8 Å². The number of nitrogens with two attached hydrogens (primary N) is 1. The molecular weight excluding hydrogens is 590 g/mol. The molecule has 230 valence electrons. The largest absolute Gasteiger partial charge is 0.497 e. The molecule has 16 heteroatoms. The smallest absolute Gasteiger partial charge is 0.380 e. The van der Waals surface area contributed by atoms with E-state index in [0.29, 0.717) is 17.5 Å². The van der Waals surface area contributed by atoms with Crippen LogP contribution in [-0.2, 0) is 27.0 Å². The molecule has 0 saturated carbocycles. The molecule has 2 heterocycles. The van der Waals surface area contributed by atoms with E-state index in [1.807, 2.05) is 25.2 Å². The third kappa shape index (κ3) is 10.3. The Morgan fingerprint density at radius 1 is 1.02 bits per heavy atom. The number of nitrogens with zero attached hydrogens (tertiary/aromatic N) is 4. The summed E-state index contributed by atoms with van der Waals surface area (Å²) in [4.78, 5) is 21.6. The van der Waals surface area contributed by atoms with E-state index in [1.165, 1.54) is 23.0 Å². The van der Waals surface area contributed by atoms with Gasteiger partial charge < -0.3 is 18.6 Å². The number of carbonyl (C=O) groups excluding carboxylic acids is 1. The highest BCUT2D eigenvalue weighted by atomic mass is 32.2. The number of piperidine rings is 1. The maximum atomic E-state index is 13.1. The third-order valence-corrected chi connectivity index (χ3v) is 6.81. The van der Waals surface area contributed by atoms with E-state index in [-0.39, 0.29) is 17.8 Å². The van der Waals surface area contributed by atoms with Crippen molar-refractivity contribution in [3.63, 3.8) is 0 Å². The summed E-state index contributed by atoms with van der Waals surface area (Å²) in [5.41, 5.74) is 2.40. The maximum Gasteiger partial charge on any atom is 0.380 e. The molecule has 42 heavy (non-hydrogen) atoms. The molecule has 1 saturated heterocycles. The molecule has 1 aliphatic rings. The molecule has 14 nitrogen and oxygen atoms in total. The van der Waals surface area contributed by atoms with Crippen molar-refractivity contribution >= 4 is 26.5 Å². The third-order valence-electron chi connectivity index (χ3n) is 6.39. The SMILES string of the molecule is COc1cc(CN2CCC(N(C)C(=O)n3cnc(-c4ccc(OS(N)(=O)=O)cc4)c3)CC2)cc(OC)c1.CS(=O)(=O)O. The number of amides is 1. The summed E-state index contributed by atoms with van der Waals surface area (Å²) < 4.78 is 64.8. The Morgan fingerprint density at radius 3 is 2.07 bits per heavy atom. The highest BCUT2D eigenvalue weighted by Gasteiger charge is 2.26. The van der Waals surface area contributed by atoms with E-state index in [2.05, 4.69) is 14.1 Å². The van der Waals surface area contributed by atoms with Gasteiger partial charge in [-0.25, -0.2) is 9.78 Å². The molecule has 1 amide bonds. The fourth-order valence-corrected chi connectivity index (χ4v) is 4.79. The summed E-state index contributed by atoms with van der Waals surface area (Å²) in [6.45, 7) is 2.51. The van der Waals surface area contributed by atoms with Crippen molar-refractivity contribution in [3.05, 3.63) is 60.6 Å². The summed E-state index contributed by atoms with van der Waals surface area (Å²) in [5.74, 6) is 1.63. The minimum absolute atomic E-state index is 0.0957. The van der Waals surface area contributed by atoms with E-state index in [4.69, 9.17) is 19.2 Å². The molecule has 3 aromatic rings. The van der Waals surface area contributed by atoms with Gasteiger partial charge in [0.1, 0.15) is 23.6 Å². The number of ether oxygens (including phenoxy) is 2. The standard InChI is InChI=1S/C25H31N5O6S.CH4O3S/c1-28(20-8-10-29(11-9-20)15-18-12-22(34-2)14-23(13-18)35-3)25(31)30-16-24(27-17-30)19-4-6-21(7-5-19)36-37(26,32)33;1-5(2,3)4/h4-7,12-14,16-17,20H,8-11,15H2,1-3H3,(H2,26,32,33);1H3,(H,2,3,4). The van der Waals surface area contributed by atoms with Crippen LogP contribution in [0.25, 0.3) is 11.3 Å². The van der Waals surface area contributed by atoms with Crippen LogP contribution in [0.2, 0.25) is 0 Å². The Labute approximate surface area is 245 Å². The van der Waals surface area contributed by atoms with E-state index in [1.54, 1.807) is 37.4 Å². The van der Waals surface area contributed by atoms with Crippen LogP contribution in [0.4, 0.5) is 4.79 Å². The van der Waals surface area contributed by atoms with Crippen LogP contribution in [-0.4, -0.2) is 93.4 Å². The molecule has 0 radical (unpaired) electrons.